The third kappa shape index (κ3) is 1.85. The van der Waals surface area contributed by atoms with Gasteiger partial charge < -0.3 is 5.11 Å². The summed E-state index contributed by atoms with van der Waals surface area (Å²) in [6.45, 7) is 4.16. The maximum atomic E-state index is 10.1. The minimum atomic E-state index is 0.231. The van der Waals surface area contributed by atoms with Crippen LogP contribution in [0, 0.1) is 0 Å². The van der Waals surface area contributed by atoms with E-state index in [0.29, 0.717) is 5.69 Å². The number of aromatic hydroxyl groups is 1. The van der Waals surface area contributed by atoms with Crippen LogP contribution in [0.2, 0.25) is 0 Å². The van der Waals surface area contributed by atoms with Gasteiger partial charge in [-0.2, -0.15) is 0 Å². The number of pyridine rings is 1. The molecule has 0 aliphatic carbocycles. The van der Waals surface area contributed by atoms with Crippen molar-refractivity contribution in [2.24, 2.45) is 0 Å². The molecule has 2 heterocycles. The van der Waals surface area contributed by atoms with E-state index in [1.165, 1.54) is 0 Å². The lowest BCUT2D eigenvalue weighted by atomic mass is 10.2. The average Bonchev–Trinajstić information content (AvgIpc) is 2.79. The van der Waals surface area contributed by atoms with E-state index in [1.54, 1.807) is 18.3 Å². The molecule has 2 aromatic heterocycles. The van der Waals surface area contributed by atoms with Gasteiger partial charge in [0.05, 0.1) is 5.69 Å². The van der Waals surface area contributed by atoms with Crippen LogP contribution in [0.15, 0.2) is 42.6 Å². The predicted molar refractivity (Wildman–Crippen MR) is 74.6 cm³/mol. The Labute approximate surface area is 111 Å². The van der Waals surface area contributed by atoms with Gasteiger partial charge in [0.2, 0.25) is 0 Å². The largest absolute Gasteiger partial charge is 0.506 e. The Bertz CT molecular complexity index is 731. The van der Waals surface area contributed by atoms with Gasteiger partial charge >= 0.3 is 0 Å². The summed E-state index contributed by atoms with van der Waals surface area (Å²) >= 11 is 0. The summed E-state index contributed by atoms with van der Waals surface area (Å²) in [5.74, 6) is 1.37. The number of phenols is 1. The first kappa shape index (κ1) is 11.7. The number of phenolic OH excluding ortho intramolecular Hbond substituents is 1. The minimum Gasteiger partial charge on any atom is -0.506 e. The van der Waals surface area contributed by atoms with Gasteiger partial charge in [-0.1, -0.05) is 26.0 Å². The third-order valence-corrected chi connectivity index (χ3v) is 3.08. The molecule has 1 N–H and O–H groups in total. The van der Waals surface area contributed by atoms with E-state index in [9.17, 15) is 5.11 Å². The molecule has 0 fully saturated rings. The number of hydrogen-bond acceptors (Lipinski definition) is 3. The fourth-order valence-corrected chi connectivity index (χ4v) is 2.21. The highest BCUT2D eigenvalue weighted by Crippen LogP contribution is 2.29. The highest BCUT2D eigenvalue weighted by molar-refractivity contribution is 5.74. The number of para-hydroxylation sites is 2. The Hall–Kier alpha value is -2.36. The molecule has 3 rings (SSSR count). The van der Waals surface area contributed by atoms with Crippen molar-refractivity contribution in [2.75, 3.05) is 0 Å². The number of hydrogen-bond donors (Lipinski definition) is 1. The number of benzene rings is 1. The second-order valence-corrected chi connectivity index (χ2v) is 4.79. The lowest BCUT2D eigenvalue weighted by molar-refractivity contribution is 0.471. The quantitative estimate of drug-likeness (QED) is 0.762. The molecule has 1 aromatic carbocycles. The molecular formula is C15H15N3O. The fraction of sp³-hybridized carbons (Fsp3) is 0.200. The first-order valence-corrected chi connectivity index (χ1v) is 6.30. The molecule has 0 spiro atoms. The molecule has 0 atom stereocenters. The van der Waals surface area contributed by atoms with Gasteiger partial charge in [-0.15, -0.1) is 0 Å². The summed E-state index contributed by atoms with van der Waals surface area (Å²) in [6, 6.07) is 11.1. The highest BCUT2D eigenvalue weighted by atomic mass is 16.3. The van der Waals surface area contributed by atoms with Crippen LogP contribution in [0.25, 0.3) is 16.9 Å². The Kier molecular flexibility index (Phi) is 2.71. The van der Waals surface area contributed by atoms with Crippen LogP contribution in [0.1, 0.15) is 25.6 Å². The SMILES string of the molecule is CC(C)c1nc2cccnc2n1-c1ccccc1O. The van der Waals surface area contributed by atoms with Crippen molar-refractivity contribution in [1.29, 1.82) is 0 Å². The zero-order chi connectivity index (χ0) is 13.4. The molecule has 3 aromatic rings. The van der Waals surface area contributed by atoms with E-state index in [-0.39, 0.29) is 11.7 Å². The van der Waals surface area contributed by atoms with Crippen molar-refractivity contribution in [2.45, 2.75) is 19.8 Å². The molecule has 0 saturated carbocycles. The number of rotatable bonds is 2. The van der Waals surface area contributed by atoms with Gasteiger partial charge in [-0.25, -0.2) is 9.97 Å². The molecule has 0 bridgehead atoms. The van der Waals surface area contributed by atoms with E-state index >= 15 is 0 Å². The maximum Gasteiger partial charge on any atom is 0.164 e. The van der Waals surface area contributed by atoms with E-state index in [0.717, 1.165) is 17.0 Å². The summed E-state index contributed by atoms with van der Waals surface area (Å²) in [5, 5.41) is 10.1. The van der Waals surface area contributed by atoms with Crippen LogP contribution >= 0.6 is 0 Å². The third-order valence-electron chi connectivity index (χ3n) is 3.08. The molecule has 0 unspecified atom stereocenters. The van der Waals surface area contributed by atoms with E-state index in [4.69, 9.17) is 0 Å². The van der Waals surface area contributed by atoms with Gasteiger partial charge in [0.25, 0.3) is 0 Å². The number of aromatic nitrogens is 3. The molecule has 0 aliphatic rings. The highest BCUT2D eigenvalue weighted by Gasteiger charge is 2.17. The molecule has 4 heteroatoms. The van der Waals surface area contributed by atoms with Crippen LogP contribution in [0.5, 0.6) is 5.75 Å². The first-order valence-electron chi connectivity index (χ1n) is 6.30. The van der Waals surface area contributed by atoms with Crippen LogP contribution in [-0.2, 0) is 0 Å². The molecule has 0 saturated heterocycles. The molecule has 19 heavy (non-hydrogen) atoms. The zero-order valence-corrected chi connectivity index (χ0v) is 10.9. The Morgan fingerprint density at radius 1 is 1.11 bits per heavy atom. The standard InChI is InChI=1S/C15H15N3O/c1-10(2)14-17-11-6-5-9-16-15(11)18(14)12-7-3-4-8-13(12)19/h3-10,19H,1-2H3. The normalized spacial score (nSPS) is 11.3. The Morgan fingerprint density at radius 3 is 2.63 bits per heavy atom. The second-order valence-electron chi connectivity index (χ2n) is 4.79. The van der Waals surface area contributed by atoms with Crippen LogP contribution < -0.4 is 0 Å². The molecule has 4 nitrogen and oxygen atoms in total. The summed E-state index contributed by atoms with van der Waals surface area (Å²) in [6.07, 6.45) is 1.74. The van der Waals surface area contributed by atoms with Crippen molar-refractivity contribution >= 4 is 11.2 Å². The molecular weight excluding hydrogens is 238 g/mol. The summed E-state index contributed by atoms with van der Waals surface area (Å²) in [4.78, 5) is 9.01. The minimum absolute atomic E-state index is 0.231. The van der Waals surface area contributed by atoms with Crippen molar-refractivity contribution in [1.82, 2.24) is 14.5 Å². The number of fused-ring (bicyclic) bond motifs is 1. The van der Waals surface area contributed by atoms with Gasteiger partial charge in [0, 0.05) is 12.1 Å². The summed E-state index contributed by atoms with van der Waals surface area (Å²) in [7, 11) is 0. The molecule has 0 aliphatic heterocycles. The van der Waals surface area contributed by atoms with Crippen LogP contribution in [0.3, 0.4) is 0 Å². The predicted octanol–water partition coefficient (Wildman–Crippen LogP) is 3.25. The van der Waals surface area contributed by atoms with E-state index in [2.05, 4.69) is 23.8 Å². The fourth-order valence-electron chi connectivity index (χ4n) is 2.21. The lowest BCUT2D eigenvalue weighted by Crippen LogP contribution is -2.03. The summed E-state index contributed by atoms with van der Waals surface area (Å²) < 4.78 is 1.93. The number of imidazole rings is 1. The Balaban J connectivity index is 2.38. The molecule has 96 valence electrons. The average molecular weight is 253 g/mol. The number of nitrogens with zero attached hydrogens (tertiary/aromatic N) is 3. The monoisotopic (exact) mass is 253 g/mol. The summed E-state index contributed by atoms with van der Waals surface area (Å²) in [5.41, 5.74) is 2.33. The van der Waals surface area contributed by atoms with E-state index in [1.807, 2.05) is 28.8 Å². The second kappa shape index (κ2) is 4.39. The lowest BCUT2D eigenvalue weighted by Gasteiger charge is -2.12. The van der Waals surface area contributed by atoms with Crippen molar-refractivity contribution in [3.05, 3.63) is 48.4 Å². The van der Waals surface area contributed by atoms with Crippen LogP contribution in [0.4, 0.5) is 0 Å². The maximum absolute atomic E-state index is 10.1. The van der Waals surface area contributed by atoms with Gasteiger partial charge in [0.1, 0.15) is 17.1 Å². The zero-order valence-electron chi connectivity index (χ0n) is 10.9. The van der Waals surface area contributed by atoms with Crippen molar-refractivity contribution < 1.29 is 5.11 Å². The smallest absolute Gasteiger partial charge is 0.164 e. The van der Waals surface area contributed by atoms with Gasteiger partial charge in [0.15, 0.2) is 5.65 Å². The topological polar surface area (TPSA) is 50.9 Å². The van der Waals surface area contributed by atoms with E-state index < -0.39 is 0 Å². The van der Waals surface area contributed by atoms with Crippen molar-refractivity contribution in [3.8, 4) is 11.4 Å². The van der Waals surface area contributed by atoms with Gasteiger partial charge in [-0.05, 0) is 24.3 Å². The van der Waals surface area contributed by atoms with Crippen LogP contribution in [-0.4, -0.2) is 19.6 Å². The van der Waals surface area contributed by atoms with Crippen molar-refractivity contribution in [3.63, 3.8) is 0 Å². The molecule has 0 amide bonds. The molecule has 0 radical (unpaired) electrons. The first-order chi connectivity index (χ1) is 9.18. The van der Waals surface area contributed by atoms with Gasteiger partial charge in [-0.3, -0.25) is 4.57 Å². The Morgan fingerprint density at radius 2 is 1.89 bits per heavy atom.